The van der Waals surface area contributed by atoms with Crippen LogP contribution in [0.15, 0.2) is 54.9 Å². The first-order valence-corrected chi connectivity index (χ1v) is 6.67. The zero-order valence-electron chi connectivity index (χ0n) is 11.7. The predicted octanol–water partition coefficient (Wildman–Crippen LogP) is 3.01. The molecule has 20 heavy (non-hydrogen) atoms. The molecule has 102 valence electrons. The van der Waals surface area contributed by atoms with Gasteiger partial charge in [0.05, 0.1) is 23.6 Å². The van der Waals surface area contributed by atoms with Gasteiger partial charge in [0.2, 0.25) is 0 Å². The molecule has 0 saturated carbocycles. The van der Waals surface area contributed by atoms with Crippen molar-refractivity contribution in [3.05, 3.63) is 60.6 Å². The molecular weight excluding hydrogens is 248 g/mol. The third kappa shape index (κ3) is 2.45. The molecule has 3 aromatic rings. The lowest BCUT2D eigenvalue weighted by Crippen LogP contribution is -2.12. The molecule has 0 atom stereocenters. The van der Waals surface area contributed by atoms with Gasteiger partial charge in [-0.15, -0.1) is 0 Å². The summed E-state index contributed by atoms with van der Waals surface area (Å²) >= 11 is 0. The van der Waals surface area contributed by atoms with Crippen LogP contribution in [0.4, 0.5) is 11.4 Å². The summed E-state index contributed by atoms with van der Waals surface area (Å²) in [6, 6.07) is 14.3. The number of imidazole rings is 1. The van der Waals surface area contributed by atoms with E-state index >= 15 is 0 Å². The van der Waals surface area contributed by atoms with Crippen molar-refractivity contribution >= 4 is 17.0 Å². The number of para-hydroxylation sites is 2. The van der Waals surface area contributed by atoms with Gasteiger partial charge in [-0.2, -0.15) is 0 Å². The third-order valence-electron chi connectivity index (χ3n) is 3.26. The van der Waals surface area contributed by atoms with Crippen molar-refractivity contribution in [1.82, 2.24) is 9.38 Å². The van der Waals surface area contributed by atoms with Gasteiger partial charge < -0.3 is 14.6 Å². The van der Waals surface area contributed by atoms with Crippen LogP contribution in [-0.2, 0) is 6.54 Å². The molecule has 3 rings (SSSR count). The van der Waals surface area contributed by atoms with Gasteiger partial charge in [-0.3, -0.25) is 0 Å². The maximum atomic E-state index is 4.59. The van der Waals surface area contributed by atoms with E-state index in [2.05, 4.69) is 33.5 Å². The van der Waals surface area contributed by atoms with Crippen LogP contribution in [-0.4, -0.2) is 23.5 Å². The summed E-state index contributed by atoms with van der Waals surface area (Å²) in [5, 5.41) is 3.45. The van der Waals surface area contributed by atoms with E-state index in [1.54, 1.807) is 0 Å². The molecule has 1 N–H and O–H groups in total. The fourth-order valence-corrected chi connectivity index (χ4v) is 2.27. The number of nitrogens with one attached hydrogen (secondary N) is 1. The Morgan fingerprint density at radius 2 is 1.90 bits per heavy atom. The Bertz CT molecular complexity index is 682. The van der Waals surface area contributed by atoms with E-state index in [1.807, 2.05) is 55.0 Å². The Kier molecular flexibility index (Phi) is 3.29. The topological polar surface area (TPSA) is 32.6 Å². The zero-order valence-corrected chi connectivity index (χ0v) is 11.7. The van der Waals surface area contributed by atoms with E-state index in [9.17, 15) is 0 Å². The van der Waals surface area contributed by atoms with E-state index in [1.165, 1.54) is 5.69 Å². The molecule has 0 saturated heterocycles. The lowest BCUT2D eigenvalue weighted by atomic mass is 10.2. The van der Waals surface area contributed by atoms with Crippen LogP contribution >= 0.6 is 0 Å². The summed E-state index contributed by atoms with van der Waals surface area (Å²) in [5.41, 5.74) is 4.31. The van der Waals surface area contributed by atoms with Gasteiger partial charge >= 0.3 is 0 Å². The Hall–Kier alpha value is -2.49. The van der Waals surface area contributed by atoms with Gasteiger partial charge in [-0.05, 0) is 24.3 Å². The van der Waals surface area contributed by atoms with Crippen molar-refractivity contribution in [2.24, 2.45) is 0 Å². The SMILES string of the molecule is CN(C)c1ccccc1NCc1cn2ccccc2n1. The molecule has 0 unspecified atom stereocenters. The van der Waals surface area contributed by atoms with Crippen LogP contribution in [0.3, 0.4) is 0 Å². The van der Waals surface area contributed by atoms with Gasteiger partial charge in [0.25, 0.3) is 0 Å². The van der Waals surface area contributed by atoms with E-state index in [0.29, 0.717) is 6.54 Å². The number of anilines is 2. The first-order valence-electron chi connectivity index (χ1n) is 6.67. The summed E-state index contributed by atoms with van der Waals surface area (Å²) in [6.45, 7) is 0.715. The minimum Gasteiger partial charge on any atom is -0.378 e. The minimum absolute atomic E-state index is 0.715. The summed E-state index contributed by atoms with van der Waals surface area (Å²) < 4.78 is 2.04. The number of pyridine rings is 1. The molecule has 0 amide bonds. The monoisotopic (exact) mass is 266 g/mol. The van der Waals surface area contributed by atoms with Crippen LogP contribution in [0.1, 0.15) is 5.69 Å². The van der Waals surface area contributed by atoms with Crippen molar-refractivity contribution in [2.45, 2.75) is 6.54 Å². The smallest absolute Gasteiger partial charge is 0.137 e. The lowest BCUT2D eigenvalue weighted by Gasteiger charge is -2.17. The average Bonchev–Trinajstić information content (AvgIpc) is 2.88. The van der Waals surface area contributed by atoms with Crippen molar-refractivity contribution in [2.75, 3.05) is 24.3 Å². The fourth-order valence-electron chi connectivity index (χ4n) is 2.27. The second-order valence-corrected chi connectivity index (χ2v) is 4.96. The van der Waals surface area contributed by atoms with Crippen molar-refractivity contribution in [3.8, 4) is 0 Å². The lowest BCUT2D eigenvalue weighted by molar-refractivity contribution is 1.06. The highest BCUT2D eigenvalue weighted by Gasteiger charge is 2.05. The summed E-state index contributed by atoms with van der Waals surface area (Å²) in [7, 11) is 4.09. The number of fused-ring (bicyclic) bond motifs is 1. The Labute approximate surface area is 118 Å². The van der Waals surface area contributed by atoms with Crippen molar-refractivity contribution in [3.63, 3.8) is 0 Å². The number of benzene rings is 1. The molecule has 0 aliphatic heterocycles. The molecule has 0 fully saturated rings. The highest BCUT2D eigenvalue weighted by atomic mass is 15.1. The maximum absolute atomic E-state index is 4.59. The number of hydrogen-bond donors (Lipinski definition) is 1. The molecular formula is C16H18N4. The Morgan fingerprint density at radius 1 is 1.10 bits per heavy atom. The standard InChI is InChI=1S/C16H18N4/c1-19(2)15-8-4-3-7-14(15)17-11-13-12-20-10-6-5-9-16(20)18-13/h3-10,12,17H,11H2,1-2H3. The highest BCUT2D eigenvalue weighted by Crippen LogP contribution is 2.23. The van der Waals surface area contributed by atoms with E-state index < -0.39 is 0 Å². The van der Waals surface area contributed by atoms with E-state index in [0.717, 1.165) is 17.0 Å². The van der Waals surface area contributed by atoms with E-state index in [-0.39, 0.29) is 0 Å². The van der Waals surface area contributed by atoms with Gasteiger partial charge in [0.1, 0.15) is 5.65 Å². The van der Waals surface area contributed by atoms with Gasteiger partial charge in [0, 0.05) is 26.5 Å². The van der Waals surface area contributed by atoms with Crippen molar-refractivity contribution in [1.29, 1.82) is 0 Å². The molecule has 0 bridgehead atoms. The van der Waals surface area contributed by atoms with Crippen LogP contribution in [0, 0.1) is 0 Å². The maximum Gasteiger partial charge on any atom is 0.137 e. The molecule has 0 radical (unpaired) electrons. The number of nitrogens with zero attached hydrogens (tertiary/aromatic N) is 3. The second kappa shape index (κ2) is 5.25. The van der Waals surface area contributed by atoms with Gasteiger partial charge in [-0.25, -0.2) is 4.98 Å². The summed E-state index contributed by atoms with van der Waals surface area (Å²) in [4.78, 5) is 6.69. The number of aromatic nitrogens is 2. The molecule has 0 aliphatic rings. The largest absolute Gasteiger partial charge is 0.378 e. The highest BCUT2D eigenvalue weighted by molar-refractivity contribution is 5.69. The molecule has 2 aromatic heterocycles. The molecule has 1 aromatic carbocycles. The van der Waals surface area contributed by atoms with Crippen LogP contribution < -0.4 is 10.2 Å². The van der Waals surface area contributed by atoms with Crippen LogP contribution in [0.2, 0.25) is 0 Å². The molecule has 0 aliphatic carbocycles. The predicted molar refractivity (Wildman–Crippen MR) is 83.3 cm³/mol. The van der Waals surface area contributed by atoms with Crippen LogP contribution in [0.5, 0.6) is 0 Å². The molecule has 4 heteroatoms. The van der Waals surface area contributed by atoms with Crippen LogP contribution in [0.25, 0.3) is 5.65 Å². The fraction of sp³-hybridized carbons (Fsp3) is 0.188. The summed E-state index contributed by atoms with van der Waals surface area (Å²) in [5.74, 6) is 0. The second-order valence-electron chi connectivity index (χ2n) is 4.96. The zero-order chi connectivity index (χ0) is 13.9. The number of hydrogen-bond acceptors (Lipinski definition) is 3. The Morgan fingerprint density at radius 3 is 2.70 bits per heavy atom. The number of rotatable bonds is 4. The van der Waals surface area contributed by atoms with Gasteiger partial charge in [-0.1, -0.05) is 18.2 Å². The van der Waals surface area contributed by atoms with E-state index in [4.69, 9.17) is 0 Å². The first kappa shape index (κ1) is 12.5. The molecule has 2 heterocycles. The van der Waals surface area contributed by atoms with Crippen molar-refractivity contribution < 1.29 is 0 Å². The normalized spacial score (nSPS) is 10.7. The first-order chi connectivity index (χ1) is 9.74. The third-order valence-corrected chi connectivity index (χ3v) is 3.26. The molecule has 4 nitrogen and oxygen atoms in total. The van der Waals surface area contributed by atoms with Gasteiger partial charge in [0.15, 0.2) is 0 Å². The summed E-state index contributed by atoms with van der Waals surface area (Å²) in [6.07, 6.45) is 4.07. The quantitative estimate of drug-likeness (QED) is 0.788. The minimum atomic E-state index is 0.715. The Balaban J connectivity index is 1.79. The molecule has 0 spiro atoms. The average molecular weight is 266 g/mol.